The summed E-state index contributed by atoms with van der Waals surface area (Å²) in [4.78, 5) is 21.6. The highest BCUT2D eigenvalue weighted by Crippen LogP contribution is 2.41. The van der Waals surface area contributed by atoms with E-state index >= 15 is 0 Å². The third kappa shape index (κ3) is 4.62. The molecule has 2 heterocycles. The third-order valence-corrected chi connectivity index (χ3v) is 6.18. The number of hydrogen-bond donors (Lipinski definition) is 0. The van der Waals surface area contributed by atoms with Crippen molar-refractivity contribution in [3.05, 3.63) is 89.0 Å². The van der Waals surface area contributed by atoms with Crippen molar-refractivity contribution in [1.29, 1.82) is 5.26 Å². The maximum Gasteiger partial charge on any atom is 0.416 e. The number of hydrogen-bond acceptors (Lipinski definition) is 5. The summed E-state index contributed by atoms with van der Waals surface area (Å²) in [6.07, 6.45) is -3.82. The standard InChI is InChI=1S/C27H21F3N4O2/c28-27(29,30)20-9-10-22-24(16-20)36-23-8-2-1-7-21(23)25(32-22)33-11-4-12-34(14-13-33)26(35)19-6-3-5-18(15-19)17-31/h1-3,5-10,15-16H,4,11-14H2. The van der Waals surface area contributed by atoms with Gasteiger partial charge < -0.3 is 14.5 Å². The molecule has 2 aliphatic heterocycles. The molecule has 36 heavy (non-hydrogen) atoms. The van der Waals surface area contributed by atoms with Gasteiger partial charge in [0.25, 0.3) is 5.91 Å². The van der Waals surface area contributed by atoms with Gasteiger partial charge in [0.05, 0.1) is 22.8 Å². The molecular weight excluding hydrogens is 469 g/mol. The maximum atomic E-state index is 13.3. The van der Waals surface area contributed by atoms with Crippen LogP contribution in [0.5, 0.6) is 11.5 Å². The molecule has 0 atom stereocenters. The van der Waals surface area contributed by atoms with E-state index in [0.717, 1.165) is 12.1 Å². The van der Waals surface area contributed by atoms with E-state index in [9.17, 15) is 18.0 Å². The largest absolute Gasteiger partial charge is 0.454 e. The first-order valence-corrected chi connectivity index (χ1v) is 11.4. The van der Waals surface area contributed by atoms with Crippen molar-refractivity contribution >= 4 is 17.4 Å². The summed E-state index contributed by atoms with van der Waals surface area (Å²) >= 11 is 0. The average Bonchev–Trinajstić information content (AvgIpc) is 3.22. The van der Waals surface area contributed by atoms with E-state index in [0.29, 0.717) is 66.6 Å². The predicted octanol–water partition coefficient (Wildman–Crippen LogP) is 5.61. The zero-order valence-electron chi connectivity index (χ0n) is 19.1. The van der Waals surface area contributed by atoms with Crippen molar-refractivity contribution in [2.75, 3.05) is 26.2 Å². The highest BCUT2D eigenvalue weighted by molar-refractivity contribution is 6.04. The smallest absolute Gasteiger partial charge is 0.416 e. The summed E-state index contributed by atoms with van der Waals surface area (Å²) in [6, 6.07) is 19.1. The van der Waals surface area contributed by atoms with E-state index < -0.39 is 11.7 Å². The van der Waals surface area contributed by atoms with E-state index in [1.807, 2.05) is 17.0 Å². The van der Waals surface area contributed by atoms with Crippen molar-refractivity contribution < 1.29 is 22.7 Å². The van der Waals surface area contributed by atoms with Gasteiger partial charge in [0.2, 0.25) is 0 Å². The number of amidine groups is 1. The summed E-state index contributed by atoms with van der Waals surface area (Å²) in [7, 11) is 0. The zero-order valence-corrected chi connectivity index (χ0v) is 19.1. The molecule has 0 spiro atoms. The Hall–Kier alpha value is -4.32. The van der Waals surface area contributed by atoms with Crippen molar-refractivity contribution in [2.24, 2.45) is 4.99 Å². The van der Waals surface area contributed by atoms with E-state index in [1.165, 1.54) is 6.07 Å². The van der Waals surface area contributed by atoms with Crippen LogP contribution in [0.15, 0.2) is 71.7 Å². The van der Waals surface area contributed by atoms with Crippen LogP contribution < -0.4 is 4.74 Å². The monoisotopic (exact) mass is 490 g/mol. The van der Waals surface area contributed by atoms with Crippen molar-refractivity contribution in [3.8, 4) is 17.6 Å². The number of carbonyl (C=O) groups is 1. The van der Waals surface area contributed by atoms with Crippen LogP contribution in [0.2, 0.25) is 0 Å². The molecule has 6 nitrogen and oxygen atoms in total. The Kier molecular flexibility index (Phi) is 6.10. The zero-order chi connectivity index (χ0) is 25.3. The number of para-hydroxylation sites is 1. The molecule has 2 aliphatic rings. The minimum Gasteiger partial charge on any atom is -0.454 e. The third-order valence-electron chi connectivity index (χ3n) is 6.18. The fourth-order valence-corrected chi connectivity index (χ4v) is 4.38. The molecule has 0 bridgehead atoms. The van der Waals surface area contributed by atoms with E-state index in [2.05, 4.69) is 6.07 Å². The molecule has 9 heteroatoms. The Morgan fingerprint density at radius 3 is 2.58 bits per heavy atom. The number of fused-ring (bicyclic) bond motifs is 2. The summed E-state index contributed by atoms with van der Waals surface area (Å²) in [5, 5.41) is 9.15. The van der Waals surface area contributed by atoms with E-state index in [1.54, 1.807) is 41.3 Å². The lowest BCUT2D eigenvalue weighted by atomic mass is 10.1. The minimum atomic E-state index is -4.50. The number of carbonyl (C=O) groups excluding carboxylic acids is 1. The summed E-state index contributed by atoms with van der Waals surface area (Å²) in [5.74, 6) is 0.895. The number of nitrogens with zero attached hydrogens (tertiary/aromatic N) is 4. The molecule has 0 aromatic heterocycles. The van der Waals surface area contributed by atoms with E-state index in [4.69, 9.17) is 15.0 Å². The Balaban J connectivity index is 1.44. The SMILES string of the molecule is N#Cc1cccc(C(=O)N2CCCN(C3=Nc4ccc(C(F)(F)F)cc4Oc4ccccc43)CC2)c1. The van der Waals surface area contributed by atoms with E-state index in [-0.39, 0.29) is 11.7 Å². The Bertz CT molecular complexity index is 1390. The molecule has 5 rings (SSSR count). The number of alkyl halides is 3. The van der Waals surface area contributed by atoms with Crippen molar-refractivity contribution in [2.45, 2.75) is 12.6 Å². The molecule has 0 N–H and O–H groups in total. The Morgan fingerprint density at radius 2 is 1.78 bits per heavy atom. The van der Waals surface area contributed by atoms with Crippen molar-refractivity contribution in [1.82, 2.24) is 9.80 Å². The molecule has 0 saturated carbocycles. The first-order valence-electron chi connectivity index (χ1n) is 11.4. The molecular formula is C27H21F3N4O2. The van der Waals surface area contributed by atoms with Gasteiger partial charge in [-0.3, -0.25) is 4.79 Å². The lowest BCUT2D eigenvalue weighted by Crippen LogP contribution is -2.37. The first-order chi connectivity index (χ1) is 17.3. The maximum absolute atomic E-state index is 13.3. The number of halogens is 3. The summed E-state index contributed by atoms with van der Waals surface area (Å²) in [6.45, 7) is 2.04. The van der Waals surface area contributed by atoms with Gasteiger partial charge in [-0.15, -0.1) is 0 Å². The molecule has 182 valence electrons. The molecule has 3 aromatic carbocycles. The number of rotatable bonds is 1. The van der Waals surface area contributed by atoms with Gasteiger partial charge in [0, 0.05) is 31.7 Å². The Morgan fingerprint density at radius 1 is 0.944 bits per heavy atom. The van der Waals surface area contributed by atoms with Crippen LogP contribution in [-0.4, -0.2) is 47.7 Å². The average molecular weight is 490 g/mol. The highest BCUT2D eigenvalue weighted by atomic mass is 19.4. The molecule has 0 radical (unpaired) electrons. The van der Waals surface area contributed by atoms with Gasteiger partial charge in [-0.05, 0) is 55.0 Å². The van der Waals surface area contributed by atoms with Crippen LogP contribution in [0.1, 0.15) is 33.5 Å². The van der Waals surface area contributed by atoms with Gasteiger partial charge in [-0.2, -0.15) is 18.4 Å². The Labute approximate surface area is 205 Å². The fraction of sp³-hybridized carbons (Fsp3) is 0.222. The number of benzene rings is 3. The van der Waals surface area contributed by atoms with Crippen LogP contribution in [0.3, 0.4) is 0 Å². The number of aliphatic imine (C=N–C) groups is 1. The van der Waals surface area contributed by atoms with Crippen LogP contribution in [0, 0.1) is 11.3 Å². The second-order valence-electron chi connectivity index (χ2n) is 8.54. The van der Waals surface area contributed by atoms with Crippen LogP contribution in [0.4, 0.5) is 18.9 Å². The molecule has 1 amide bonds. The normalized spacial score (nSPS) is 15.4. The van der Waals surface area contributed by atoms with Crippen LogP contribution >= 0.6 is 0 Å². The number of ether oxygens (including phenoxy) is 1. The second kappa shape index (κ2) is 9.38. The van der Waals surface area contributed by atoms with Gasteiger partial charge in [0.1, 0.15) is 17.3 Å². The lowest BCUT2D eigenvalue weighted by Gasteiger charge is -2.25. The molecule has 0 unspecified atom stereocenters. The summed E-state index contributed by atoms with van der Waals surface area (Å²) in [5.41, 5.74) is 1.06. The first kappa shape index (κ1) is 23.4. The lowest BCUT2D eigenvalue weighted by molar-refractivity contribution is -0.137. The molecule has 0 aliphatic carbocycles. The molecule has 3 aromatic rings. The number of nitriles is 1. The molecule has 1 fully saturated rings. The van der Waals surface area contributed by atoms with Gasteiger partial charge in [-0.25, -0.2) is 4.99 Å². The van der Waals surface area contributed by atoms with Crippen LogP contribution in [-0.2, 0) is 6.18 Å². The summed E-state index contributed by atoms with van der Waals surface area (Å²) < 4.78 is 45.8. The topological polar surface area (TPSA) is 68.9 Å². The fourth-order valence-electron chi connectivity index (χ4n) is 4.38. The van der Waals surface area contributed by atoms with Crippen LogP contribution in [0.25, 0.3) is 0 Å². The quantitative estimate of drug-likeness (QED) is 0.445. The minimum absolute atomic E-state index is 0.0382. The number of amides is 1. The van der Waals surface area contributed by atoms with Gasteiger partial charge >= 0.3 is 6.18 Å². The van der Waals surface area contributed by atoms with Gasteiger partial charge in [-0.1, -0.05) is 18.2 Å². The molecule has 1 saturated heterocycles. The predicted molar refractivity (Wildman–Crippen MR) is 127 cm³/mol. The van der Waals surface area contributed by atoms with Gasteiger partial charge in [0.15, 0.2) is 5.75 Å². The highest BCUT2D eigenvalue weighted by Gasteiger charge is 2.33. The second-order valence-corrected chi connectivity index (χ2v) is 8.54. The van der Waals surface area contributed by atoms with Crippen molar-refractivity contribution in [3.63, 3.8) is 0 Å².